The van der Waals surface area contributed by atoms with Crippen molar-refractivity contribution >= 4 is 28.8 Å². The molecule has 1 fully saturated rings. The number of carbonyl (C=O) groups excluding carboxylic acids is 3. The molecule has 4 aromatic rings. The molecule has 2 N–H and O–H groups in total. The minimum Gasteiger partial charge on any atom is -0.497 e. The summed E-state index contributed by atoms with van der Waals surface area (Å²) in [7, 11) is 3.44. The molecule has 10 heteroatoms. The van der Waals surface area contributed by atoms with E-state index >= 15 is 0 Å². The Morgan fingerprint density at radius 3 is 2.59 bits per heavy atom. The number of aromatic nitrogens is 2. The summed E-state index contributed by atoms with van der Waals surface area (Å²) in [6.45, 7) is 4.18. The lowest BCUT2D eigenvalue weighted by Gasteiger charge is -2.29. The number of imide groups is 1. The zero-order chi connectivity index (χ0) is 26.1. The van der Waals surface area contributed by atoms with Gasteiger partial charge < -0.3 is 19.4 Å². The second kappa shape index (κ2) is 7.95. The van der Waals surface area contributed by atoms with Crippen LogP contribution in [0.15, 0.2) is 46.9 Å². The van der Waals surface area contributed by atoms with E-state index < -0.39 is 17.5 Å². The molecular weight excluding hydrogens is 474 g/mol. The van der Waals surface area contributed by atoms with Crippen LogP contribution < -0.4 is 15.4 Å². The maximum Gasteiger partial charge on any atom is 0.322 e. The fourth-order valence-electron chi connectivity index (χ4n) is 5.34. The molecule has 0 radical (unpaired) electrons. The van der Waals surface area contributed by atoms with Crippen molar-refractivity contribution in [2.45, 2.75) is 25.9 Å². The van der Waals surface area contributed by atoms with Crippen LogP contribution in [0.3, 0.4) is 0 Å². The number of nitrogens with zero attached hydrogens (tertiary/aromatic N) is 3. The van der Waals surface area contributed by atoms with Crippen LogP contribution in [0.5, 0.6) is 5.75 Å². The Morgan fingerprint density at radius 1 is 1.11 bits per heavy atom. The highest BCUT2D eigenvalue weighted by Crippen LogP contribution is 2.37. The third-order valence-electron chi connectivity index (χ3n) is 7.30. The zero-order valence-electron chi connectivity index (χ0n) is 20.8. The smallest absolute Gasteiger partial charge is 0.322 e. The van der Waals surface area contributed by atoms with Gasteiger partial charge in [-0.25, -0.2) is 4.79 Å². The first-order valence-electron chi connectivity index (χ1n) is 11.8. The molecule has 2 aliphatic heterocycles. The number of amides is 4. The van der Waals surface area contributed by atoms with Crippen LogP contribution in [0.25, 0.3) is 22.1 Å². The summed E-state index contributed by atoms with van der Waals surface area (Å²) >= 11 is 0. The highest BCUT2D eigenvalue weighted by molar-refractivity contribution is 6.08. The first-order valence-corrected chi connectivity index (χ1v) is 11.8. The van der Waals surface area contributed by atoms with E-state index in [0.717, 1.165) is 33.5 Å². The summed E-state index contributed by atoms with van der Waals surface area (Å²) in [5, 5.41) is 10.3. The molecule has 0 aliphatic carbocycles. The largest absolute Gasteiger partial charge is 0.497 e. The topological polar surface area (TPSA) is 119 Å². The first-order chi connectivity index (χ1) is 17.7. The van der Waals surface area contributed by atoms with Crippen molar-refractivity contribution in [1.29, 1.82) is 0 Å². The standard InChI is InChI=1S/C27H25N5O5/c1-14-23(15(2)31(3)30-14)16-6-8-21-18(9-16)10-22(37-21)27(25(34)28-26(35)29-27)13-32-12-17-5-7-19(36-4)11-20(17)24(32)33/h5-11H,12-13H2,1-4H3,(H2,28,29,34,35)/t27-/m0/s1. The van der Waals surface area contributed by atoms with E-state index in [-0.39, 0.29) is 18.2 Å². The quantitative estimate of drug-likeness (QED) is 0.407. The number of furan rings is 1. The van der Waals surface area contributed by atoms with Gasteiger partial charge >= 0.3 is 6.03 Å². The molecule has 2 aromatic heterocycles. The molecule has 1 saturated heterocycles. The van der Waals surface area contributed by atoms with E-state index in [0.29, 0.717) is 23.4 Å². The van der Waals surface area contributed by atoms with E-state index in [4.69, 9.17) is 9.15 Å². The van der Waals surface area contributed by atoms with Crippen molar-refractivity contribution < 1.29 is 23.5 Å². The summed E-state index contributed by atoms with van der Waals surface area (Å²) in [6, 6.07) is 12.2. The number of hydrogen-bond acceptors (Lipinski definition) is 6. The van der Waals surface area contributed by atoms with Gasteiger partial charge in [0.25, 0.3) is 11.8 Å². The molecular formula is C27H25N5O5. The van der Waals surface area contributed by atoms with Crippen LogP contribution in [0.2, 0.25) is 0 Å². The lowest BCUT2D eigenvalue weighted by atomic mass is 9.95. The molecule has 37 heavy (non-hydrogen) atoms. The number of benzene rings is 2. The number of hydrogen-bond donors (Lipinski definition) is 2. The van der Waals surface area contributed by atoms with Gasteiger partial charge in [-0.1, -0.05) is 12.1 Å². The highest BCUT2D eigenvalue weighted by atomic mass is 16.5. The summed E-state index contributed by atoms with van der Waals surface area (Å²) in [6.07, 6.45) is 0. The molecule has 1 atom stereocenters. The SMILES string of the molecule is COc1ccc2c(c1)C(=O)N(C[C@@]1(c3cc4cc(-c5c(C)nn(C)c5C)ccc4o3)NC(=O)NC1=O)C2. The van der Waals surface area contributed by atoms with Crippen LogP contribution in [0, 0.1) is 13.8 Å². The Kier molecular flexibility index (Phi) is 4.91. The van der Waals surface area contributed by atoms with E-state index in [1.54, 1.807) is 18.2 Å². The van der Waals surface area contributed by atoms with Gasteiger partial charge in [0, 0.05) is 35.8 Å². The van der Waals surface area contributed by atoms with E-state index in [1.807, 2.05) is 49.8 Å². The fraction of sp³-hybridized carbons (Fsp3) is 0.259. The molecule has 188 valence electrons. The average molecular weight is 500 g/mol. The van der Waals surface area contributed by atoms with Crippen molar-refractivity contribution in [2.75, 3.05) is 13.7 Å². The lowest BCUT2D eigenvalue weighted by molar-refractivity contribution is -0.125. The van der Waals surface area contributed by atoms with Gasteiger partial charge in [-0.3, -0.25) is 19.6 Å². The van der Waals surface area contributed by atoms with Crippen LogP contribution in [-0.4, -0.2) is 46.2 Å². The van der Waals surface area contributed by atoms with E-state index in [1.165, 1.54) is 12.0 Å². The van der Waals surface area contributed by atoms with Crippen molar-refractivity contribution in [3.63, 3.8) is 0 Å². The number of carbonyl (C=O) groups is 3. The summed E-state index contributed by atoms with van der Waals surface area (Å²) in [5.74, 6) is 0.00642. The predicted molar refractivity (Wildman–Crippen MR) is 134 cm³/mol. The van der Waals surface area contributed by atoms with Crippen LogP contribution in [0.4, 0.5) is 4.79 Å². The molecule has 4 heterocycles. The van der Waals surface area contributed by atoms with Gasteiger partial charge in [0.2, 0.25) is 0 Å². The van der Waals surface area contributed by atoms with Crippen LogP contribution >= 0.6 is 0 Å². The summed E-state index contributed by atoms with van der Waals surface area (Å²) in [5.41, 5.74) is 4.26. The number of rotatable bonds is 5. The Hall–Kier alpha value is -4.60. The van der Waals surface area contributed by atoms with E-state index in [9.17, 15) is 14.4 Å². The molecule has 2 aromatic carbocycles. The lowest BCUT2D eigenvalue weighted by Crippen LogP contribution is -2.52. The van der Waals surface area contributed by atoms with Gasteiger partial charge in [0.15, 0.2) is 5.54 Å². The fourth-order valence-corrected chi connectivity index (χ4v) is 5.34. The third kappa shape index (κ3) is 3.40. The van der Waals surface area contributed by atoms with Crippen molar-refractivity contribution in [1.82, 2.24) is 25.3 Å². The van der Waals surface area contributed by atoms with Gasteiger partial charge in [0.05, 0.1) is 19.3 Å². The van der Waals surface area contributed by atoms with Crippen LogP contribution in [0.1, 0.15) is 33.1 Å². The van der Waals surface area contributed by atoms with Crippen LogP contribution in [-0.2, 0) is 23.9 Å². The third-order valence-corrected chi connectivity index (χ3v) is 7.30. The minimum absolute atomic E-state index is 0.0894. The number of aryl methyl sites for hydroxylation is 2. The predicted octanol–water partition coefficient (Wildman–Crippen LogP) is 3.15. The maximum absolute atomic E-state index is 13.2. The Bertz CT molecular complexity index is 1630. The molecule has 4 amide bonds. The number of urea groups is 1. The second-order valence-electron chi connectivity index (χ2n) is 9.53. The normalized spacial score (nSPS) is 18.9. The minimum atomic E-state index is -1.57. The molecule has 10 nitrogen and oxygen atoms in total. The summed E-state index contributed by atoms with van der Waals surface area (Å²) < 4.78 is 13.2. The number of fused-ring (bicyclic) bond motifs is 2. The average Bonchev–Trinajstić information content (AvgIpc) is 3.58. The molecule has 0 saturated carbocycles. The monoisotopic (exact) mass is 499 g/mol. The van der Waals surface area contributed by atoms with Gasteiger partial charge in [-0.05, 0) is 55.3 Å². The first kappa shape index (κ1) is 22.8. The maximum atomic E-state index is 13.2. The Morgan fingerprint density at radius 2 is 1.92 bits per heavy atom. The zero-order valence-corrected chi connectivity index (χ0v) is 20.8. The van der Waals surface area contributed by atoms with Crippen molar-refractivity contribution in [2.24, 2.45) is 7.05 Å². The van der Waals surface area contributed by atoms with Gasteiger partial charge in [0.1, 0.15) is 17.1 Å². The van der Waals surface area contributed by atoms with E-state index in [2.05, 4.69) is 15.7 Å². The molecule has 0 unspecified atom stereocenters. The number of methoxy groups -OCH3 is 1. The second-order valence-corrected chi connectivity index (χ2v) is 9.53. The van der Waals surface area contributed by atoms with Gasteiger partial charge in [-0.15, -0.1) is 0 Å². The highest BCUT2D eigenvalue weighted by Gasteiger charge is 2.53. The molecule has 2 aliphatic rings. The van der Waals surface area contributed by atoms with Crippen molar-refractivity contribution in [3.05, 3.63) is 70.7 Å². The molecule has 0 bridgehead atoms. The number of nitrogens with one attached hydrogen (secondary N) is 2. The molecule has 6 rings (SSSR count). The Labute approximate surface area is 212 Å². The molecule has 0 spiro atoms. The Balaban J connectivity index is 1.40. The van der Waals surface area contributed by atoms with Gasteiger partial charge in [-0.2, -0.15) is 5.10 Å². The van der Waals surface area contributed by atoms with Crippen molar-refractivity contribution in [3.8, 4) is 16.9 Å². The summed E-state index contributed by atoms with van der Waals surface area (Å²) in [4.78, 5) is 40.3. The number of ether oxygens (including phenoxy) is 1.